The van der Waals surface area contributed by atoms with Crippen LogP contribution in [0, 0.1) is 0 Å². The summed E-state index contributed by atoms with van der Waals surface area (Å²) < 4.78 is 5.69. The van der Waals surface area contributed by atoms with Crippen LogP contribution in [-0.4, -0.2) is 24.2 Å². The van der Waals surface area contributed by atoms with Crippen LogP contribution in [0.3, 0.4) is 0 Å². The van der Waals surface area contributed by atoms with Gasteiger partial charge >= 0.3 is 0 Å². The zero-order valence-electron chi connectivity index (χ0n) is 18.2. The Morgan fingerprint density at radius 2 is 1.73 bits per heavy atom. The summed E-state index contributed by atoms with van der Waals surface area (Å²) in [5.41, 5.74) is 3.16. The topological polar surface area (TPSA) is 49.9 Å². The summed E-state index contributed by atoms with van der Waals surface area (Å²) in [6, 6.07) is 22.6. The van der Waals surface area contributed by atoms with E-state index in [0.29, 0.717) is 23.9 Å². The average molecular weight is 479 g/mol. The largest absolute Gasteiger partial charge is 0.494 e. The van der Waals surface area contributed by atoms with Crippen LogP contribution in [0.2, 0.25) is 5.02 Å². The molecule has 1 fully saturated rings. The molecule has 2 aliphatic heterocycles. The van der Waals surface area contributed by atoms with Crippen LogP contribution in [0.5, 0.6) is 5.75 Å². The van der Waals surface area contributed by atoms with Gasteiger partial charge in [-0.2, -0.15) is 0 Å². The summed E-state index contributed by atoms with van der Waals surface area (Å²) in [6.07, 6.45) is 0.915. The van der Waals surface area contributed by atoms with Gasteiger partial charge in [-0.1, -0.05) is 54.9 Å². The number of para-hydroxylation sites is 1. The number of amides is 2. The molecule has 0 aliphatic carbocycles. The molecule has 5 rings (SSSR count). The number of hydrogen-bond acceptors (Lipinski definition) is 4. The minimum Gasteiger partial charge on any atom is -0.494 e. The Bertz CT molecular complexity index is 1220. The molecule has 2 amide bonds. The summed E-state index contributed by atoms with van der Waals surface area (Å²) in [6.45, 7) is 3.02. The SMILES string of the molecule is CCCOc1ccc(N2C(=O)CS[C@]23C(=O)N(Cc2ccccc2Cl)c2ccccc23)cc1. The smallest absolute Gasteiger partial charge is 0.269 e. The van der Waals surface area contributed by atoms with E-state index in [0.717, 1.165) is 29.0 Å². The second kappa shape index (κ2) is 8.76. The number of halogens is 1. The number of hydrogen-bond donors (Lipinski definition) is 0. The normalized spacial score (nSPS) is 19.5. The number of carbonyl (C=O) groups is 2. The third-order valence-electron chi connectivity index (χ3n) is 5.92. The van der Waals surface area contributed by atoms with E-state index in [1.807, 2.05) is 72.8 Å². The van der Waals surface area contributed by atoms with Gasteiger partial charge in [-0.05, 0) is 48.4 Å². The predicted octanol–water partition coefficient (Wildman–Crippen LogP) is 5.61. The number of ether oxygens (including phenoxy) is 1. The molecule has 0 saturated carbocycles. The lowest BCUT2D eigenvalue weighted by molar-refractivity contribution is -0.123. The highest BCUT2D eigenvalue weighted by Gasteiger charge is 2.60. The number of thioether (sulfide) groups is 1. The summed E-state index contributed by atoms with van der Waals surface area (Å²) in [5.74, 6) is 0.747. The van der Waals surface area contributed by atoms with Crippen LogP contribution in [0.4, 0.5) is 11.4 Å². The Balaban J connectivity index is 1.57. The van der Waals surface area contributed by atoms with Crippen molar-refractivity contribution in [3.05, 3.63) is 88.9 Å². The highest BCUT2D eigenvalue weighted by molar-refractivity contribution is 8.02. The zero-order valence-corrected chi connectivity index (χ0v) is 19.7. The van der Waals surface area contributed by atoms with Gasteiger partial charge in [-0.3, -0.25) is 14.5 Å². The molecule has 0 aromatic heterocycles. The first kappa shape index (κ1) is 21.9. The molecular formula is C26H23ClN2O3S. The lowest BCUT2D eigenvalue weighted by Crippen LogP contribution is -2.49. The van der Waals surface area contributed by atoms with E-state index in [-0.39, 0.29) is 17.6 Å². The van der Waals surface area contributed by atoms with Gasteiger partial charge in [-0.15, -0.1) is 11.8 Å². The number of anilines is 2. The molecule has 2 aliphatic rings. The molecule has 7 heteroatoms. The fourth-order valence-electron chi connectivity index (χ4n) is 4.42. The third kappa shape index (κ3) is 3.58. The molecule has 33 heavy (non-hydrogen) atoms. The van der Waals surface area contributed by atoms with E-state index in [1.165, 1.54) is 11.8 Å². The molecule has 0 unspecified atom stereocenters. The van der Waals surface area contributed by atoms with E-state index < -0.39 is 4.87 Å². The Morgan fingerprint density at radius 1 is 1.00 bits per heavy atom. The molecule has 3 aromatic rings. The van der Waals surface area contributed by atoms with Gasteiger partial charge in [0.25, 0.3) is 5.91 Å². The number of fused-ring (bicyclic) bond motifs is 2. The Morgan fingerprint density at radius 3 is 2.48 bits per heavy atom. The fraction of sp³-hybridized carbons (Fsp3) is 0.231. The zero-order chi connectivity index (χ0) is 23.0. The predicted molar refractivity (Wildman–Crippen MR) is 133 cm³/mol. The second-order valence-electron chi connectivity index (χ2n) is 8.00. The van der Waals surface area contributed by atoms with Crippen molar-refractivity contribution in [2.45, 2.75) is 24.8 Å². The van der Waals surface area contributed by atoms with E-state index in [1.54, 1.807) is 9.80 Å². The summed E-state index contributed by atoms with van der Waals surface area (Å²) >= 11 is 7.78. The first-order chi connectivity index (χ1) is 16.1. The first-order valence-electron chi connectivity index (χ1n) is 10.9. The Kier molecular flexibility index (Phi) is 5.81. The minimum atomic E-state index is -1.14. The van der Waals surface area contributed by atoms with Gasteiger partial charge in [0.2, 0.25) is 10.8 Å². The monoisotopic (exact) mass is 478 g/mol. The number of rotatable bonds is 6. The lowest BCUT2D eigenvalue weighted by Gasteiger charge is -2.33. The van der Waals surface area contributed by atoms with Crippen molar-refractivity contribution in [2.24, 2.45) is 0 Å². The molecule has 0 radical (unpaired) electrons. The highest BCUT2D eigenvalue weighted by Crippen LogP contribution is 2.56. The molecule has 1 spiro atoms. The van der Waals surface area contributed by atoms with Gasteiger partial charge in [0.15, 0.2) is 0 Å². The van der Waals surface area contributed by atoms with Crippen LogP contribution in [0.25, 0.3) is 0 Å². The molecule has 5 nitrogen and oxygen atoms in total. The van der Waals surface area contributed by atoms with Crippen LogP contribution < -0.4 is 14.5 Å². The molecule has 0 bridgehead atoms. The van der Waals surface area contributed by atoms with Crippen molar-refractivity contribution >= 4 is 46.6 Å². The Hall–Kier alpha value is -2.96. The number of nitrogens with zero attached hydrogens (tertiary/aromatic N) is 2. The van der Waals surface area contributed by atoms with Crippen molar-refractivity contribution in [1.29, 1.82) is 0 Å². The van der Waals surface area contributed by atoms with Gasteiger partial charge < -0.3 is 9.64 Å². The molecule has 168 valence electrons. The number of carbonyl (C=O) groups excluding carboxylic acids is 2. The van der Waals surface area contributed by atoms with Crippen molar-refractivity contribution in [3.63, 3.8) is 0 Å². The first-order valence-corrected chi connectivity index (χ1v) is 12.3. The van der Waals surface area contributed by atoms with Gasteiger partial charge in [0.05, 0.1) is 24.6 Å². The number of benzene rings is 3. The van der Waals surface area contributed by atoms with Crippen LogP contribution in [-0.2, 0) is 21.0 Å². The molecule has 3 aromatic carbocycles. The van der Waals surface area contributed by atoms with Gasteiger partial charge in [-0.25, -0.2) is 0 Å². The summed E-state index contributed by atoms with van der Waals surface area (Å²) in [5, 5.41) is 0.610. The lowest BCUT2D eigenvalue weighted by atomic mass is 10.0. The van der Waals surface area contributed by atoms with E-state index in [4.69, 9.17) is 16.3 Å². The van der Waals surface area contributed by atoms with E-state index in [2.05, 4.69) is 6.92 Å². The standard InChI is InChI=1S/C26H23ClN2O3S/c1-2-15-32-20-13-11-19(12-14-20)29-24(30)17-33-26(29)21-8-4-6-10-23(21)28(25(26)31)16-18-7-3-5-9-22(18)27/h3-14H,2,15-17H2,1H3/t26-/m1/s1. The molecule has 1 saturated heterocycles. The quantitative estimate of drug-likeness (QED) is 0.462. The van der Waals surface area contributed by atoms with Crippen molar-refractivity contribution < 1.29 is 14.3 Å². The van der Waals surface area contributed by atoms with Crippen molar-refractivity contribution in [2.75, 3.05) is 22.2 Å². The second-order valence-corrected chi connectivity index (χ2v) is 9.58. The maximum absolute atomic E-state index is 14.1. The average Bonchev–Trinajstić information content (AvgIpc) is 3.30. The maximum Gasteiger partial charge on any atom is 0.269 e. The summed E-state index contributed by atoms with van der Waals surface area (Å²) in [7, 11) is 0. The van der Waals surface area contributed by atoms with Crippen LogP contribution in [0.15, 0.2) is 72.8 Å². The van der Waals surface area contributed by atoms with Crippen molar-refractivity contribution in [1.82, 2.24) is 0 Å². The molecule has 1 atom stereocenters. The van der Waals surface area contributed by atoms with E-state index in [9.17, 15) is 9.59 Å². The molecule has 2 heterocycles. The summed E-state index contributed by atoms with van der Waals surface area (Å²) in [4.78, 5) is 29.5. The third-order valence-corrected chi connectivity index (χ3v) is 7.67. The van der Waals surface area contributed by atoms with Crippen molar-refractivity contribution in [3.8, 4) is 5.75 Å². The van der Waals surface area contributed by atoms with Crippen LogP contribution >= 0.6 is 23.4 Å². The maximum atomic E-state index is 14.1. The fourth-order valence-corrected chi connectivity index (χ4v) is 5.98. The Labute approximate surface area is 202 Å². The van der Waals surface area contributed by atoms with Crippen LogP contribution in [0.1, 0.15) is 24.5 Å². The molecular weight excluding hydrogens is 456 g/mol. The van der Waals surface area contributed by atoms with E-state index >= 15 is 0 Å². The van der Waals surface area contributed by atoms with Gasteiger partial charge in [0, 0.05) is 16.3 Å². The highest BCUT2D eigenvalue weighted by atomic mass is 35.5. The minimum absolute atomic E-state index is 0.0926. The molecule has 0 N–H and O–H groups in total. The van der Waals surface area contributed by atoms with Gasteiger partial charge in [0.1, 0.15) is 5.75 Å².